The van der Waals surface area contributed by atoms with Crippen molar-refractivity contribution in [3.05, 3.63) is 79.4 Å². The Morgan fingerprint density at radius 1 is 1.00 bits per heavy atom. The van der Waals surface area contributed by atoms with Gasteiger partial charge in [0.05, 0.1) is 18.3 Å². The van der Waals surface area contributed by atoms with Gasteiger partial charge in [0.25, 0.3) is 6.47 Å². The zero-order valence-corrected chi connectivity index (χ0v) is 15.1. The Hall–Kier alpha value is -4.34. The molecule has 0 atom stereocenters. The summed E-state index contributed by atoms with van der Waals surface area (Å²) in [6.07, 6.45) is 10.4. The van der Waals surface area contributed by atoms with Crippen LogP contribution in [0.1, 0.15) is 5.56 Å². The second-order valence-electron chi connectivity index (χ2n) is 5.89. The predicted molar refractivity (Wildman–Crippen MR) is 103 cm³/mol. The number of hydrogen-bond donors (Lipinski definition) is 1. The second-order valence-corrected chi connectivity index (χ2v) is 5.89. The van der Waals surface area contributed by atoms with Crippen LogP contribution in [0.25, 0.3) is 22.9 Å². The van der Waals surface area contributed by atoms with Crippen LogP contribution in [-0.2, 0) is 11.3 Å². The summed E-state index contributed by atoms with van der Waals surface area (Å²) in [5, 5.41) is 15.5. The molecule has 0 aromatic carbocycles. The molecular weight excluding hydrogens is 372 g/mol. The molecule has 10 heteroatoms. The topological polar surface area (TPSA) is 116 Å². The number of aromatic nitrogens is 8. The number of carbonyl (C=O) groups is 1. The van der Waals surface area contributed by atoms with Crippen molar-refractivity contribution < 1.29 is 9.90 Å². The molecule has 29 heavy (non-hydrogen) atoms. The van der Waals surface area contributed by atoms with Gasteiger partial charge in [0.15, 0.2) is 11.6 Å². The SMILES string of the molecule is O=CO.c1cnc(-n2cncn2)c(Cn2ccnc2-c2cccc3ccnn23)c1. The molecule has 0 bridgehead atoms. The summed E-state index contributed by atoms with van der Waals surface area (Å²) >= 11 is 0. The lowest BCUT2D eigenvalue weighted by atomic mass is 10.2. The molecule has 0 fully saturated rings. The van der Waals surface area contributed by atoms with E-state index in [0.717, 1.165) is 28.4 Å². The summed E-state index contributed by atoms with van der Waals surface area (Å²) in [4.78, 5) is 21.4. The van der Waals surface area contributed by atoms with E-state index >= 15 is 0 Å². The number of rotatable bonds is 4. The highest BCUT2D eigenvalue weighted by Gasteiger charge is 2.13. The van der Waals surface area contributed by atoms with Gasteiger partial charge in [0, 0.05) is 24.2 Å². The Labute approximate surface area is 164 Å². The molecule has 0 saturated carbocycles. The van der Waals surface area contributed by atoms with Gasteiger partial charge in [-0.25, -0.2) is 24.1 Å². The maximum Gasteiger partial charge on any atom is 0.290 e. The maximum atomic E-state index is 8.36. The number of nitrogens with zero attached hydrogens (tertiary/aromatic N) is 8. The summed E-state index contributed by atoms with van der Waals surface area (Å²) < 4.78 is 5.63. The minimum Gasteiger partial charge on any atom is -0.483 e. The first kappa shape index (κ1) is 18.0. The van der Waals surface area contributed by atoms with Crippen LogP contribution in [0.3, 0.4) is 0 Å². The Bertz CT molecular complexity index is 1230. The van der Waals surface area contributed by atoms with Crippen molar-refractivity contribution in [2.45, 2.75) is 6.54 Å². The van der Waals surface area contributed by atoms with Crippen molar-refractivity contribution in [3.8, 4) is 17.3 Å². The Morgan fingerprint density at radius 2 is 1.90 bits per heavy atom. The van der Waals surface area contributed by atoms with Crippen molar-refractivity contribution in [2.75, 3.05) is 0 Å². The van der Waals surface area contributed by atoms with Crippen LogP contribution in [0.15, 0.2) is 73.8 Å². The van der Waals surface area contributed by atoms with Gasteiger partial charge in [0.2, 0.25) is 0 Å². The second kappa shape index (κ2) is 8.13. The van der Waals surface area contributed by atoms with Crippen LogP contribution in [0.2, 0.25) is 0 Å². The third-order valence-electron chi connectivity index (χ3n) is 4.21. The highest BCUT2D eigenvalue weighted by atomic mass is 16.3. The zero-order chi connectivity index (χ0) is 20.1. The van der Waals surface area contributed by atoms with E-state index in [0.29, 0.717) is 6.54 Å². The Morgan fingerprint density at radius 3 is 2.72 bits per heavy atom. The standard InChI is InChI=1S/C18H14N8.CH2O2/c1-4-15-6-8-22-26(15)16(5-1)18-21-9-10-24(18)11-14-3-2-7-20-17(14)25-13-19-12-23-25;2-1-3/h1-10,12-13H,11H2;1H,(H,2,3). The Kier molecular flexibility index (Phi) is 5.06. The largest absolute Gasteiger partial charge is 0.483 e. The van der Waals surface area contributed by atoms with Gasteiger partial charge in [0.1, 0.15) is 18.3 Å². The zero-order valence-electron chi connectivity index (χ0n) is 15.1. The van der Waals surface area contributed by atoms with Crippen molar-refractivity contribution in [3.63, 3.8) is 0 Å². The molecule has 0 aliphatic rings. The van der Waals surface area contributed by atoms with Gasteiger partial charge in [-0.2, -0.15) is 10.2 Å². The quantitative estimate of drug-likeness (QED) is 0.468. The lowest BCUT2D eigenvalue weighted by molar-refractivity contribution is -0.122. The summed E-state index contributed by atoms with van der Waals surface area (Å²) in [5.74, 6) is 1.59. The number of fused-ring (bicyclic) bond motifs is 1. The smallest absolute Gasteiger partial charge is 0.290 e. The molecule has 0 unspecified atom stereocenters. The number of hydrogen-bond acceptors (Lipinski definition) is 6. The van der Waals surface area contributed by atoms with E-state index in [4.69, 9.17) is 9.90 Å². The van der Waals surface area contributed by atoms with Gasteiger partial charge in [-0.3, -0.25) is 4.79 Å². The van der Waals surface area contributed by atoms with Crippen LogP contribution >= 0.6 is 0 Å². The lowest BCUT2D eigenvalue weighted by Gasteiger charge is -2.12. The molecule has 0 aliphatic carbocycles. The van der Waals surface area contributed by atoms with Crippen LogP contribution in [0, 0.1) is 0 Å². The number of carboxylic acid groups (broad SMARTS) is 1. The third kappa shape index (κ3) is 3.58. The molecule has 144 valence electrons. The number of imidazole rings is 1. The fourth-order valence-electron chi connectivity index (χ4n) is 3.05. The van der Waals surface area contributed by atoms with E-state index < -0.39 is 0 Å². The summed E-state index contributed by atoms with van der Waals surface area (Å²) in [7, 11) is 0. The highest BCUT2D eigenvalue weighted by molar-refractivity contribution is 5.59. The van der Waals surface area contributed by atoms with Gasteiger partial charge in [-0.05, 0) is 24.3 Å². The van der Waals surface area contributed by atoms with Gasteiger partial charge in [-0.15, -0.1) is 0 Å². The highest BCUT2D eigenvalue weighted by Crippen LogP contribution is 2.21. The average molecular weight is 388 g/mol. The molecule has 10 nitrogen and oxygen atoms in total. The summed E-state index contributed by atoms with van der Waals surface area (Å²) in [6.45, 7) is 0.357. The fraction of sp³-hybridized carbons (Fsp3) is 0.0526. The molecule has 0 spiro atoms. The van der Waals surface area contributed by atoms with E-state index in [2.05, 4.69) is 29.7 Å². The molecular formula is C19H16N8O2. The van der Waals surface area contributed by atoms with E-state index in [-0.39, 0.29) is 6.47 Å². The Balaban J connectivity index is 0.000000645. The molecule has 5 aromatic rings. The molecule has 5 heterocycles. The first-order chi connectivity index (χ1) is 14.3. The molecule has 5 rings (SSSR count). The van der Waals surface area contributed by atoms with E-state index in [1.165, 1.54) is 6.33 Å². The van der Waals surface area contributed by atoms with E-state index in [1.54, 1.807) is 29.6 Å². The predicted octanol–water partition coefficient (Wildman–Crippen LogP) is 1.92. The normalized spacial score (nSPS) is 10.5. The van der Waals surface area contributed by atoms with Crippen LogP contribution < -0.4 is 0 Å². The maximum absolute atomic E-state index is 8.36. The van der Waals surface area contributed by atoms with Crippen LogP contribution in [-0.4, -0.2) is 50.5 Å². The van der Waals surface area contributed by atoms with Crippen molar-refractivity contribution in [1.82, 2.24) is 38.9 Å². The molecule has 0 radical (unpaired) electrons. The van der Waals surface area contributed by atoms with E-state index in [9.17, 15) is 0 Å². The van der Waals surface area contributed by atoms with E-state index in [1.807, 2.05) is 47.1 Å². The van der Waals surface area contributed by atoms with Crippen LogP contribution in [0.4, 0.5) is 0 Å². The minimum atomic E-state index is -0.250. The van der Waals surface area contributed by atoms with Gasteiger partial charge in [-0.1, -0.05) is 12.1 Å². The fourth-order valence-corrected chi connectivity index (χ4v) is 3.05. The lowest BCUT2D eigenvalue weighted by Crippen LogP contribution is -2.09. The van der Waals surface area contributed by atoms with Gasteiger partial charge < -0.3 is 9.67 Å². The summed E-state index contributed by atoms with van der Waals surface area (Å²) in [6, 6.07) is 12.0. The molecule has 1 N–H and O–H groups in total. The van der Waals surface area contributed by atoms with Crippen LogP contribution in [0.5, 0.6) is 0 Å². The third-order valence-corrected chi connectivity index (χ3v) is 4.21. The monoisotopic (exact) mass is 388 g/mol. The molecule has 0 amide bonds. The summed E-state index contributed by atoms with van der Waals surface area (Å²) in [5.41, 5.74) is 2.98. The van der Waals surface area contributed by atoms with Crippen molar-refractivity contribution in [1.29, 1.82) is 0 Å². The first-order valence-electron chi connectivity index (χ1n) is 8.63. The first-order valence-corrected chi connectivity index (χ1v) is 8.63. The van der Waals surface area contributed by atoms with Crippen molar-refractivity contribution >= 4 is 12.0 Å². The average Bonchev–Trinajstić information content (AvgIpc) is 3.50. The number of pyridine rings is 2. The van der Waals surface area contributed by atoms with Gasteiger partial charge >= 0.3 is 0 Å². The minimum absolute atomic E-state index is 0.250. The molecule has 0 saturated heterocycles. The van der Waals surface area contributed by atoms with Crippen molar-refractivity contribution in [2.24, 2.45) is 0 Å². The molecule has 0 aliphatic heterocycles. The molecule has 5 aromatic heterocycles.